The third-order valence-electron chi connectivity index (χ3n) is 6.01. The van der Waals surface area contributed by atoms with E-state index >= 15 is 0 Å². The van der Waals surface area contributed by atoms with Crippen LogP contribution in [0.4, 0.5) is 5.69 Å². The molecule has 8 heteroatoms. The van der Waals surface area contributed by atoms with Gasteiger partial charge in [-0.3, -0.25) is 14.5 Å². The van der Waals surface area contributed by atoms with E-state index in [4.69, 9.17) is 18.6 Å². The van der Waals surface area contributed by atoms with Crippen molar-refractivity contribution >= 4 is 17.5 Å². The van der Waals surface area contributed by atoms with Crippen LogP contribution in [0, 0.1) is 6.92 Å². The SMILES string of the molecule is CC[C@H]1Oc2ccc(C)cc2N(CC(=O)N(Cc2ccco2)Cc2cccc(OC)c2OC)C1=O. The second-order valence-electron chi connectivity index (χ2n) is 8.39. The topological polar surface area (TPSA) is 81.5 Å². The van der Waals surface area contributed by atoms with Crippen LogP contribution in [0.5, 0.6) is 17.2 Å². The van der Waals surface area contributed by atoms with Gasteiger partial charge in [0, 0.05) is 12.1 Å². The molecule has 0 N–H and O–H groups in total. The molecule has 2 amide bonds. The Morgan fingerprint density at radius 3 is 2.60 bits per heavy atom. The number of anilines is 1. The number of rotatable bonds is 9. The number of carbonyl (C=O) groups excluding carboxylic acids is 2. The van der Waals surface area contributed by atoms with Crippen LogP contribution in [0.15, 0.2) is 59.2 Å². The van der Waals surface area contributed by atoms with Crippen molar-refractivity contribution in [1.29, 1.82) is 0 Å². The van der Waals surface area contributed by atoms with Gasteiger partial charge in [0.05, 0.1) is 32.7 Å². The van der Waals surface area contributed by atoms with Gasteiger partial charge in [0.25, 0.3) is 5.91 Å². The van der Waals surface area contributed by atoms with E-state index in [2.05, 4.69) is 0 Å². The van der Waals surface area contributed by atoms with Crippen LogP contribution in [-0.2, 0) is 22.7 Å². The fourth-order valence-corrected chi connectivity index (χ4v) is 4.20. The van der Waals surface area contributed by atoms with Gasteiger partial charge in [0.2, 0.25) is 5.91 Å². The molecule has 1 atom stereocenters. The molecule has 2 heterocycles. The first kappa shape index (κ1) is 24.2. The second kappa shape index (κ2) is 10.5. The molecule has 1 aliphatic heterocycles. The summed E-state index contributed by atoms with van der Waals surface area (Å²) in [5.41, 5.74) is 2.36. The Hall–Kier alpha value is -3.94. The molecule has 2 aromatic carbocycles. The predicted molar refractivity (Wildman–Crippen MR) is 131 cm³/mol. The van der Waals surface area contributed by atoms with Crippen molar-refractivity contribution in [2.75, 3.05) is 25.7 Å². The second-order valence-corrected chi connectivity index (χ2v) is 8.39. The van der Waals surface area contributed by atoms with Crippen LogP contribution in [0.1, 0.15) is 30.2 Å². The van der Waals surface area contributed by atoms with Crippen LogP contribution in [0.2, 0.25) is 0 Å². The van der Waals surface area contributed by atoms with Gasteiger partial charge in [-0.05, 0) is 49.2 Å². The molecule has 184 valence electrons. The van der Waals surface area contributed by atoms with Gasteiger partial charge in [-0.25, -0.2) is 0 Å². The molecule has 0 bridgehead atoms. The summed E-state index contributed by atoms with van der Waals surface area (Å²) >= 11 is 0. The summed E-state index contributed by atoms with van der Waals surface area (Å²) in [6.45, 7) is 4.19. The summed E-state index contributed by atoms with van der Waals surface area (Å²) in [7, 11) is 3.14. The minimum atomic E-state index is -0.630. The number of furan rings is 1. The van der Waals surface area contributed by atoms with Crippen molar-refractivity contribution in [1.82, 2.24) is 4.90 Å². The molecule has 0 unspecified atom stereocenters. The number of benzene rings is 2. The molecular formula is C27H30N2O6. The Morgan fingerprint density at radius 2 is 1.91 bits per heavy atom. The highest BCUT2D eigenvalue weighted by Gasteiger charge is 2.35. The van der Waals surface area contributed by atoms with E-state index in [0.717, 1.165) is 11.1 Å². The third-order valence-corrected chi connectivity index (χ3v) is 6.01. The number of methoxy groups -OCH3 is 2. The Bertz CT molecular complexity index is 1190. The highest BCUT2D eigenvalue weighted by atomic mass is 16.5. The summed E-state index contributed by atoms with van der Waals surface area (Å²) in [5, 5.41) is 0. The number of aryl methyl sites for hydroxylation is 1. The van der Waals surface area contributed by atoms with Gasteiger partial charge in [0.1, 0.15) is 18.1 Å². The van der Waals surface area contributed by atoms with E-state index in [1.54, 1.807) is 37.5 Å². The standard InChI is InChI=1S/C27H30N2O6/c1-5-22-27(31)29(21-14-18(2)11-12-23(21)35-22)17-25(30)28(16-20-9-7-13-34-20)15-19-8-6-10-24(32-3)26(19)33-4/h6-14,22H,5,15-17H2,1-4H3/t22-/m1/s1. The Labute approximate surface area is 205 Å². The molecular weight excluding hydrogens is 448 g/mol. The fraction of sp³-hybridized carbons (Fsp3) is 0.333. The molecule has 0 saturated carbocycles. The van der Waals surface area contributed by atoms with Crippen molar-refractivity contribution in [3.05, 3.63) is 71.7 Å². The molecule has 1 aromatic heterocycles. The van der Waals surface area contributed by atoms with Crippen LogP contribution in [0.25, 0.3) is 0 Å². The van der Waals surface area contributed by atoms with Crippen LogP contribution >= 0.6 is 0 Å². The molecule has 0 saturated heterocycles. The lowest BCUT2D eigenvalue weighted by Crippen LogP contribution is -2.50. The minimum Gasteiger partial charge on any atom is -0.493 e. The minimum absolute atomic E-state index is 0.123. The molecule has 0 fully saturated rings. The number of fused-ring (bicyclic) bond motifs is 1. The van der Waals surface area contributed by atoms with E-state index in [9.17, 15) is 9.59 Å². The Morgan fingerprint density at radius 1 is 1.09 bits per heavy atom. The first-order chi connectivity index (χ1) is 16.9. The maximum Gasteiger partial charge on any atom is 0.268 e. The van der Waals surface area contributed by atoms with E-state index in [-0.39, 0.29) is 31.4 Å². The monoisotopic (exact) mass is 478 g/mol. The van der Waals surface area contributed by atoms with Crippen LogP contribution in [0.3, 0.4) is 0 Å². The van der Waals surface area contributed by atoms with Crippen molar-refractivity contribution in [2.24, 2.45) is 0 Å². The van der Waals surface area contributed by atoms with E-state index in [0.29, 0.717) is 35.1 Å². The van der Waals surface area contributed by atoms with Crippen molar-refractivity contribution in [3.63, 3.8) is 0 Å². The number of carbonyl (C=O) groups is 2. The Balaban J connectivity index is 1.65. The van der Waals surface area contributed by atoms with Gasteiger partial charge >= 0.3 is 0 Å². The smallest absolute Gasteiger partial charge is 0.268 e. The van der Waals surface area contributed by atoms with E-state index in [1.165, 1.54) is 4.90 Å². The zero-order valence-electron chi connectivity index (χ0n) is 20.4. The average molecular weight is 479 g/mol. The molecule has 0 aliphatic carbocycles. The fourth-order valence-electron chi connectivity index (χ4n) is 4.20. The normalized spacial score (nSPS) is 14.8. The maximum absolute atomic E-state index is 13.7. The van der Waals surface area contributed by atoms with Gasteiger partial charge in [-0.2, -0.15) is 0 Å². The highest BCUT2D eigenvalue weighted by molar-refractivity contribution is 6.03. The number of para-hydroxylation sites is 1. The zero-order chi connectivity index (χ0) is 24.9. The summed E-state index contributed by atoms with van der Waals surface area (Å²) < 4.78 is 22.4. The molecule has 0 spiro atoms. The van der Waals surface area contributed by atoms with E-state index in [1.807, 2.05) is 50.2 Å². The lowest BCUT2D eigenvalue weighted by Gasteiger charge is -2.35. The van der Waals surface area contributed by atoms with Crippen molar-refractivity contribution < 1.29 is 28.2 Å². The van der Waals surface area contributed by atoms with Crippen molar-refractivity contribution in [3.8, 4) is 17.2 Å². The lowest BCUT2D eigenvalue weighted by atomic mass is 10.1. The van der Waals surface area contributed by atoms with Crippen LogP contribution < -0.4 is 19.1 Å². The molecule has 0 radical (unpaired) electrons. The molecule has 8 nitrogen and oxygen atoms in total. The van der Waals surface area contributed by atoms with Gasteiger partial charge in [0.15, 0.2) is 17.6 Å². The third kappa shape index (κ3) is 5.11. The largest absolute Gasteiger partial charge is 0.493 e. The summed E-state index contributed by atoms with van der Waals surface area (Å²) in [4.78, 5) is 30.1. The highest BCUT2D eigenvalue weighted by Crippen LogP contribution is 2.36. The Kier molecular flexibility index (Phi) is 7.29. The van der Waals surface area contributed by atoms with Crippen molar-refractivity contribution in [2.45, 2.75) is 39.5 Å². The number of hydrogen-bond donors (Lipinski definition) is 0. The van der Waals surface area contributed by atoms with Gasteiger partial charge in [-0.15, -0.1) is 0 Å². The number of nitrogens with zero attached hydrogens (tertiary/aromatic N) is 2. The molecule has 3 aromatic rings. The summed E-state index contributed by atoms with van der Waals surface area (Å²) in [6.07, 6.45) is 1.45. The summed E-state index contributed by atoms with van der Waals surface area (Å²) in [5.74, 6) is 1.91. The van der Waals surface area contributed by atoms with Gasteiger partial charge in [-0.1, -0.05) is 25.1 Å². The van der Waals surface area contributed by atoms with Gasteiger partial charge < -0.3 is 23.5 Å². The molecule has 35 heavy (non-hydrogen) atoms. The molecule has 1 aliphatic rings. The first-order valence-electron chi connectivity index (χ1n) is 11.5. The number of ether oxygens (including phenoxy) is 3. The molecule has 4 rings (SSSR count). The average Bonchev–Trinajstić information content (AvgIpc) is 3.38. The van der Waals surface area contributed by atoms with Crippen LogP contribution in [-0.4, -0.2) is 43.6 Å². The zero-order valence-corrected chi connectivity index (χ0v) is 20.4. The predicted octanol–water partition coefficient (Wildman–Crippen LogP) is 4.34. The first-order valence-corrected chi connectivity index (χ1v) is 11.5. The quantitative estimate of drug-likeness (QED) is 0.455. The number of hydrogen-bond acceptors (Lipinski definition) is 6. The number of amides is 2. The lowest BCUT2D eigenvalue weighted by molar-refractivity contribution is -0.134. The summed E-state index contributed by atoms with van der Waals surface area (Å²) in [6, 6.07) is 14.8. The van der Waals surface area contributed by atoms with E-state index < -0.39 is 6.10 Å². The maximum atomic E-state index is 13.7.